The molecule has 2 aliphatic rings. The molecule has 2 aromatic heterocycles. The van der Waals surface area contributed by atoms with Gasteiger partial charge in [-0.05, 0) is 67.3 Å². The molecule has 0 radical (unpaired) electrons. The first-order valence-electron chi connectivity index (χ1n) is 11.5. The highest BCUT2D eigenvalue weighted by molar-refractivity contribution is 5.59. The third kappa shape index (κ3) is 4.88. The van der Waals surface area contributed by atoms with E-state index in [1.54, 1.807) is 12.1 Å². The minimum Gasteiger partial charge on any atom is -0.355 e. The van der Waals surface area contributed by atoms with Gasteiger partial charge in [-0.3, -0.25) is 4.90 Å². The van der Waals surface area contributed by atoms with Crippen molar-refractivity contribution in [3.8, 4) is 11.3 Å². The van der Waals surface area contributed by atoms with Crippen molar-refractivity contribution in [1.29, 1.82) is 0 Å². The Morgan fingerprint density at radius 1 is 0.812 bits per heavy atom. The van der Waals surface area contributed by atoms with E-state index < -0.39 is 0 Å². The second-order valence-electron chi connectivity index (χ2n) is 8.71. The van der Waals surface area contributed by atoms with E-state index in [1.165, 1.54) is 25.0 Å². The van der Waals surface area contributed by atoms with Crippen LogP contribution in [0.1, 0.15) is 12.8 Å². The zero-order valence-electron chi connectivity index (χ0n) is 18.3. The van der Waals surface area contributed by atoms with E-state index in [0.717, 1.165) is 68.7 Å². The minimum atomic E-state index is -0.240. The number of aromatic nitrogens is 3. The normalized spacial score (nSPS) is 19.8. The zero-order valence-corrected chi connectivity index (χ0v) is 18.3. The number of piperazine rings is 1. The standard InChI is InChI=1S/C25H29FN6/c26-22-8-6-21(7-9-22)23-10-11-25(29-28-23)32-13-3-4-20(19-32)18-30-14-16-31(17-15-30)24-5-1-2-12-27-24/h1-2,5-12,20H,3-4,13-19H2. The maximum absolute atomic E-state index is 13.2. The van der Waals surface area contributed by atoms with Gasteiger partial charge in [-0.25, -0.2) is 9.37 Å². The molecule has 5 rings (SSSR count). The van der Waals surface area contributed by atoms with Crippen LogP contribution in [0.2, 0.25) is 0 Å². The lowest BCUT2D eigenvalue weighted by Crippen LogP contribution is -2.50. The summed E-state index contributed by atoms with van der Waals surface area (Å²) >= 11 is 0. The third-order valence-electron chi connectivity index (χ3n) is 6.50. The number of anilines is 2. The first kappa shape index (κ1) is 20.8. The van der Waals surface area contributed by atoms with Crippen LogP contribution in [0.4, 0.5) is 16.0 Å². The molecule has 0 spiro atoms. The minimum absolute atomic E-state index is 0.240. The second-order valence-corrected chi connectivity index (χ2v) is 8.71. The summed E-state index contributed by atoms with van der Waals surface area (Å²) in [6.07, 6.45) is 4.31. The van der Waals surface area contributed by atoms with Gasteiger partial charge in [-0.1, -0.05) is 6.07 Å². The molecule has 32 heavy (non-hydrogen) atoms. The number of hydrogen-bond donors (Lipinski definition) is 0. The molecule has 166 valence electrons. The van der Waals surface area contributed by atoms with Crippen molar-refractivity contribution >= 4 is 11.6 Å². The van der Waals surface area contributed by atoms with Crippen LogP contribution in [0.5, 0.6) is 0 Å². The largest absolute Gasteiger partial charge is 0.355 e. The third-order valence-corrected chi connectivity index (χ3v) is 6.50. The summed E-state index contributed by atoms with van der Waals surface area (Å²) < 4.78 is 13.2. The number of pyridine rings is 1. The highest BCUT2D eigenvalue weighted by Gasteiger charge is 2.25. The van der Waals surface area contributed by atoms with Gasteiger partial charge in [0.1, 0.15) is 11.6 Å². The molecule has 2 saturated heterocycles. The van der Waals surface area contributed by atoms with E-state index in [9.17, 15) is 4.39 Å². The Balaban J connectivity index is 1.15. The number of nitrogens with zero attached hydrogens (tertiary/aromatic N) is 6. The summed E-state index contributed by atoms with van der Waals surface area (Å²) in [4.78, 5) is 11.8. The molecule has 1 unspecified atom stereocenters. The number of benzene rings is 1. The lowest BCUT2D eigenvalue weighted by Gasteiger charge is -2.39. The van der Waals surface area contributed by atoms with Gasteiger partial charge in [0.2, 0.25) is 0 Å². The Kier molecular flexibility index (Phi) is 6.25. The van der Waals surface area contributed by atoms with Crippen molar-refractivity contribution < 1.29 is 4.39 Å². The van der Waals surface area contributed by atoms with Crippen LogP contribution in [0, 0.1) is 11.7 Å². The topological polar surface area (TPSA) is 48.4 Å². The van der Waals surface area contributed by atoms with Gasteiger partial charge < -0.3 is 9.80 Å². The quantitative estimate of drug-likeness (QED) is 0.613. The average Bonchev–Trinajstić information content (AvgIpc) is 2.86. The summed E-state index contributed by atoms with van der Waals surface area (Å²) in [6, 6.07) is 16.5. The maximum Gasteiger partial charge on any atom is 0.151 e. The predicted molar refractivity (Wildman–Crippen MR) is 125 cm³/mol. The van der Waals surface area contributed by atoms with Crippen LogP contribution in [0.3, 0.4) is 0 Å². The molecule has 4 heterocycles. The van der Waals surface area contributed by atoms with Crippen molar-refractivity contribution in [2.75, 3.05) is 55.6 Å². The van der Waals surface area contributed by atoms with Gasteiger partial charge in [0.15, 0.2) is 5.82 Å². The molecule has 0 amide bonds. The summed E-state index contributed by atoms with van der Waals surface area (Å²) in [5, 5.41) is 8.88. The van der Waals surface area contributed by atoms with Gasteiger partial charge >= 0.3 is 0 Å². The van der Waals surface area contributed by atoms with E-state index in [1.807, 2.05) is 24.4 Å². The first-order chi connectivity index (χ1) is 15.7. The lowest BCUT2D eigenvalue weighted by atomic mass is 9.97. The van der Waals surface area contributed by atoms with E-state index in [4.69, 9.17) is 0 Å². The monoisotopic (exact) mass is 432 g/mol. The molecule has 1 atom stereocenters. The molecular formula is C25H29FN6. The summed E-state index contributed by atoms with van der Waals surface area (Å²) in [6.45, 7) is 7.40. The number of rotatable bonds is 5. The molecule has 0 aliphatic carbocycles. The SMILES string of the molecule is Fc1ccc(-c2ccc(N3CCCC(CN4CCN(c5ccccn5)CC4)C3)nn2)cc1. The van der Waals surface area contributed by atoms with E-state index in [2.05, 4.69) is 42.0 Å². The van der Waals surface area contributed by atoms with Crippen LogP contribution in [-0.4, -0.2) is 65.9 Å². The fraction of sp³-hybridized carbons (Fsp3) is 0.400. The Hall–Kier alpha value is -3.06. The molecule has 0 bridgehead atoms. The molecule has 6 nitrogen and oxygen atoms in total. The first-order valence-corrected chi connectivity index (χ1v) is 11.5. The molecule has 2 aliphatic heterocycles. The van der Waals surface area contributed by atoms with Crippen LogP contribution >= 0.6 is 0 Å². The van der Waals surface area contributed by atoms with Crippen molar-refractivity contribution in [2.45, 2.75) is 12.8 Å². The van der Waals surface area contributed by atoms with Crippen molar-refractivity contribution in [1.82, 2.24) is 20.1 Å². The molecule has 0 saturated carbocycles. The molecule has 7 heteroatoms. The van der Waals surface area contributed by atoms with E-state index in [0.29, 0.717) is 5.92 Å². The highest BCUT2D eigenvalue weighted by atomic mass is 19.1. The molecule has 3 aromatic rings. The Labute approximate surface area is 188 Å². The smallest absolute Gasteiger partial charge is 0.151 e. The number of halogens is 1. The second kappa shape index (κ2) is 9.61. The fourth-order valence-electron chi connectivity index (χ4n) is 4.76. The van der Waals surface area contributed by atoms with Gasteiger partial charge in [0.25, 0.3) is 0 Å². The molecule has 1 aromatic carbocycles. The number of piperidine rings is 1. The maximum atomic E-state index is 13.2. The fourth-order valence-corrected chi connectivity index (χ4v) is 4.76. The number of hydrogen-bond acceptors (Lipinski definition) is 6. The van der Waals surface area contributed by atoms with Gasteiger partial charge in [0, 0.05) is 57.6 Å². The van der Waals surface area contributed by atoms with Crippen LogP contribution in [0.25, 0.3) is 11.3 Å². The summed E-state index contributed by atoms with van der Waals surface area (Å²) in [7, 11) is 0. The Morgan fingerprint density at radius 3 is 2.38 bits per heavy atom. The van der Waals surface area contributed by atoms with E-state index in [-0.39, 0.29) is 5.82 Å². The predicted octanol–water partition coefficient (Wildman–Crippen LogP) is 3.72. The Bertz CT molecular complexity index is 987. The van der Waals surface area contributed by atoms with Crippen LogP contribution < -0.4 is 9.80 Å². The van der Waals surface area contributed by atoms with Crippen molar-refractivity contribution in [2.24, 2.45) is 5.92 Å². The van der Waals surface area contributed by atoms with Gasteiger partial charge in [-0.2, -0.15) is 0 Å². The zero-order chi connectivity index (χ0) is 21.8. The molecular weight excluding hydrogens is 403 g/mol. The molecule has 0 N–H and O–H groups in total. The van der Waals surface area contributed by atoms with Gasteiger partial charge in [0.05, 0.1) is 5.69 Å². The van der Waals surface area contributed by atoms with Crippen LogP contribution in [0.15, 0.2) is 60.8 Å². The van der Waals surface area contributed by atoms with Gasteiger partial charge in [-0.15, -0.1) is 10.2 Å². The highest BCUT2D eigenvalue weighted by Crippen LogP contribution is 2.24. The van der Waals surface area contributed by atoms with E-state index >= 15 is 0 Å². The lowest BCUT2D eigenvalue weighted by molar-refractivity contribution is 0.205. The van der Waals surface area contributed by atoms with Crippen LogP contribution in [-0.2, 0) is 0 Å². The Morgan fingerprint density at radius 2 is 1.66 bits per heavy atom. The van der Waals surface area contributed by atoms with Crippen molar-refractivity contribution in [3.05, 3.63) is 66.6 Å². The molecule has 2 fully saturated rings. The summed E-state index contributed by atoms with van der Waals surface area (Å²) in [5.41, 5.74) is 1.65. The average molecular weight is 433 g/mol. The van der Waals surface area contributed by atoms with Crippen molar-refractivity contribution in [3.63, 3.8) is 0 Å². The summed E-state index contributed by atoms with van der Waals surface area (Å²) in [5.74, 6) is 2.42.